The Hall–Kier alpha value is -3.99. The lowest BCUT2D eigenvalue weighted by molar-refractivity contribution is -0.139. The van der Waals surface area contributed by atoms with Crippen LogP contribution in [0.1, 0.15) is 31.8 Å². The quantitative estimate of drug-likeness (QED) is 0.229. The van der Waals surface area contributed by atoms with Crippen molar-refractivity contribution in [2.75, 3.05) is 5.32 Å². The highest BCUT2D eigenvalue weighted by molar-refractivity contribution is 6.34. The minimum Gasteiger partial charge on any atom is -0.480 e. The number of carbonyl (C=O) groups excluding carboxylic acids is 2. The Bertz CT molecular complexity index is 1320. The highest BCUT2D eigenvalue weighted by atomic mass is 35.5. The van der Waals surface area contributed by atoms with E-state index in [4.69, 9.17) is 11.6 Å². The number of carboxylic acid groups (broad SMARTS) is 1. The number of carboxylic acids is 1. The Balaban J connectivity index is 1.74. The summed E-state index contributed by atoms with van der Waals surface area (Å²) in [6, 6.07) is 8.52. The molecule has 0 saturated carbocycles. The van der Waals surface area contributed by atoms with Crippen LogP contribution in [0.15, 0.2) is 42.5 Å². The van der Waals surface area contributed by atoms with Crippen molar-refractivity contribution in [2.45, 2.75) is 19.4 Å². The molecule has 3 aromatic rings. The van der Waals surface area contributed by atoms with E-state index in [1.165, 1.54) is 30.3 Å². The van der Waals surface area contributed by atoms with Crippen molar-refractivity contribution in [3.05, 3.63) is 98.8 Å². The molecule has 2 amide bonds. The molecule has 3 rings (SSSR count). The van der Waals surface area contributed by atoms with Gasteiger partial charge in [-0.15, -0.1) is 0 Å². The lowest BCUT2D eigenvalue weighted by atomic mass is 10.0. The van der Waals surface area contributed by atoms with Crippen LogP contribution in [0.5, 0.6) is 0 Å². The summed E-state index contributed by atoms with van der Waals surface area (Å²) in [5.74, 6) is -15.1. The lowest BCUT2D eigenvalue weighted by Crippen LogP contribution is -2.42. The molecule has 0 aliphatic heterocycles. The summed E-state index contributed by atoms with van der Waals surface area (Å²) in [6.45, 7) is 1.63. The molecular weight excluding hydrogens is 511 g/mol. The van der Waals surface area contributed by atoms with E-state index in [0.29, 0.717) is 11.1 Å². The van der Waals surface area contributed by atoms with Crippen LogP contribution in [0.4, 0.5) is 27.6 Å². The largest absolute Gasteiger partial charge is 0.480 e. The fourth-order valence-electron chi connectivity index (χ4n) is 3.31. The number of hydrogen-bond acceptors (Lipinski definition) is 3. The number of amides is 2. The smallest absolute Gasteiger partial charge is 0.326 e. The van der Waals surface area contributed by atoms with Crippen LogP contribution < -0.4 is 10.6 Å². The van der Waals surface area contributed by atoms with Crippen molar-refractivity contribution in [2.24, 2.45) is 0 Å². The summed E-state index contributed by atoms with van der Waals surface area (Å²) in [5.41, 5.74) is -0.684. The van der Waals surface area contributed by atoms with E-state index in [-0.39, 0.29) is 22.7 Å². The third-order valence-corrected chi connectivity index (χ3v) is 5.46. The van der Waals surface area contributed by atoms with E-state index in [2.05, 4.69) is 5.32 Å². The van der Waals surface area contributed by atoms with Crippen molar-refractivity contribution in [3.63, 3.8) is 0 Å². The number of aliphatic carboxylic acids is 1. The number of aryl methyl sites for hydroxylation is 1. The summed E-state index contributed by atoms with van der Waals surface area (Å²) in [7, 11) is 0. The van der Waals surface area contributed by atoms with Gasteiger partial charge < -0.3 is 15.7 Å². The maximum Gasteiger partial charge on any atom is 0.326 e. The van der Waals surface area contributed by atoms with E-state index in [0.717, 1.165) is 0 Å². The second-order valence-electron chi connectivity index (χ2n) is 7.60. The first-order valence-corrected chi connectivity index (χ1v) is 10.5. The molecule has 36 heavy (non-hydrogen) atoms. The van der Waals surface area contributed by atoms with Crippen LogP contribution >= 0.6 is 11.6 Å². The van der Waals surface area contributed by atoms with Crippen molar-refractivity contribution in [1.29, 1.82) is 0 Å². The van der Waals surface area contributed by atoms with Crippen LogP contribution in [-0.2, 0) is 11.2 Å². The molecule has 0 radical (unpaired) electrons. The number of rotatable bonds is 7. The van der Waals surface area contributed by atoms with Crippen LogP contribution in [0.25, 0.3) is 0 Å². The van der Waals surface area contributed by atoms with Crippen molar-refractivity contribution in [3.8, 4) is 0 Å². The van der Waals surface area contributed by atoms with Crippen LogP contribution in [-0.4, -0.2) is 28.9 Å². The van der Waals surface area contributed by atoms with E-state index < -0.39 is 58.5 Å². The molecule has 6 nitrogen and oxygen atoms in total. The maximum atomic E-state index is 13.8. The number of anilines is 1. The highest BCUT2D eigenvalue weighted by Crippen LogP contribution is 2.24. The maximum absolute atomic E-state index is 13.8. The summed E-state index contributed by atoms with van der Waals surface area (Å²) in [4.78, 5) is 36.4. The first-order valence-electron chi connectivity index (χ1n) is 10.1. The number of nitrogens with one attached hydrogen (secondary N) is 2. The van der Waals surface area contributed by atoms with Crippen molar-refractivity contribution >= 4 is 35.1 Å². The number of carbonyl (C=O) groups is 3. The standard InChI is InChI=1S/C24H16ClF5N2O4/c1-10-3-2-4-13(25)15(10)22(33)32-14(24(35)36)9-11-5-7-12(8-6-11)31-23(34)16-17(26)19(28)21(30)20(29)18(16)27/h2-8,14H,9H2,1H3,(H,31,34)(H,32,33)(H,35,36)/t14-/m0/s1. The van der Waals surface area contributed by atoms with Gasteiger partial charge in [-0.1, -0.05) is 35.9 Å². The zero-order valence-corrected chi connectivity index (χ0v) is 19.0. The van der Waals surface area contributed by atoms with Gasteiger partial charge in [0.25, 0.3) is 11.8 Å². The predicted molar refractivity (Wildman–Crippen MR) is 119 cm³/mol. The Labute approximate surface area is 205 Å². The second kappa shape index (κ2) is 10.7. The Morgan fingerprint density at radius 1 is 0.833 bits per heavy atom. The molecule has 3 N–H and O–H groups in total. The van der Waals surface area contributed by atoms with E-state index in [1.54, 1.807) is 19.1 Å². The van der Waals surface area contributed by atoms with E-state index >= 15 is 0 Å². The molecule has 0 aliphatic carbocycles. The molecule has 1 atom stereocenters. The van der Waals surface area contributed by atoms with E-state index in [1.807, 2.05) is 5.32 Å². The van der Waals surface area contributed by atoms with Gasteiger partial charge in [-0.2, -0.15) is 0 Å². The Morgan fingerprint density at radius 3 is 1.92 bits per heavy atom. The van der Waals surface area contributed by atoms with Gasteiger partial charge in [-0.25, -0.2) is 26.7 Å². The van der Waals surface area contributed by atoms with Gasteiger partial charge >= 0.3 is 5.97 Å². The van der Waals surface area contributed by atoms with Gasteiger partial charge in [0.15, 0.2) is 23.3 Å². The van der Waals surface area contributed by atoms with Gasteiger partial charge in [0, 0.05) is 12.1 Å². The molecule has 0 heterocycles. The molecular formula is C24H16ClF5N2O4. The summed E-state index contributed by atoms with van der Waals surface area (Å²) >= 11 is 6.05. The minimum absolute atomic E-state index is 0.0738. The van der Waals surface area contributed by atoms with Gasteiger partial charge in [-0.3, -0.25) is 9.59 Å². The highest BCUT2D eigenvalue weighted by Gasteiger charge is 2.30. The normalized spacial score (nSPS) is 11.6. The fourth-order valence-corrected chi connectivity index (χ4v) is 3.62. The third-order valence-electron chi connectivity index (χ3n) is 5.14. The topological polar surface area (TPSA) is 95.5 Å². The monoisotopic (exact) mass is 526 g/mol. The molecule has 12 heteroatoms. The zero-order chi connectivity index (χ0) is 26.7. The van der Waals surface area contributed by atoms with Crippen LogP contribution in [0.2, 0.25) is 5.02 Å². The lowest BCUT2D eigenvalue weighted by Gasteiger charge is -2.16. The zero-order valence-electron chi connectivity index (χ0n) is 18.3. The van der Waals surface area contributed by atoms with Gasteiger partial charge in [0.1, 0.15) is 11.6 Å². The second-order valence-corrected chi connectivity index (χ2v) is 8.00. The average Bonchev–Trinajstić information content (AvgIpc) is 2.82. The minimum atomic E-state index is -2.39. The van der Waals surface area contributed by atoms with Gasteiger partial charge in [0.2, 0.25) is 5.82 Å². The third kappa shape index (κ3) is 5.46. The predicted octanol–water partition coefficient (Wildman–Crippen LogP) is 5.02. The molecule has 0 saturated heterocycles. The Kier molecular flexibility index (Phi) is 7.93. The number of benzene rings is 3. The van der Waals surface area contributed by atoms with Crippen LogP contribution in [0, 0.1) is 36.0 Å². The molecule has 0 spiro atoms. The van der Waals surface area contributed by atoms with Crippen molar-refractivity contribution in [1.82, 2.24) is 5.32 Å². The molecule has 0 unspecified atom stereocenters. The summed E-state index contributed by atoms with van der Waals surface area (Å²) in [6.07, 6.45) is -0.184. The van der Waals surface area contributed by atoms with Crippen molar-refractivity contribution < 1.29 is 41.4 Å². The number of halogens is 6. The molecule has 3 aromatic carbocycles. The number of hydrogen-bond donors (Lipinski definition) is 3. The first-order chi connectivity index (χ1) is 16.9. The summed E-state index contributed by atoms with van der Waals surface area (Å²) in [5, 5.41) is 14.1. The SMILES string of the molecule is Cc1cccc(Cl)c1C(=O)N[C@@H](Cc1ccc(NC(=O)c2c(F)c(F)c(F)c(F)c2F)cc1)C(=O)O. The average molecular weight is 527 g/mol. The molecule has 0 aromatic heterocycles. The first kappa shape index (κ1) is 26.6. The molecule has 188 valence electrons. The molecule has 0 aliphatic rings. The Morgan fingerprint density at radius 2 is 1.39 bits per heavy atom. The van der Waals surface area contributed by atoms with E-state index in [9.17, 15) is 41.4 Å². The molecule has 0 bridgehead atoms. The molecule has 0 fully saturated rings. The fraction of sp³-hybridized carbons (Fsp3) is 0.125. The van der Waals surface area contributed by atoms with Gasteiger partial charge in [-0.05, 0) is 36.2 Å². The van der Waals surface area contributed by atoms with Gasteiger partial charge in [0.05, 0.1) is 10.6 Å². The van der Waals surface area contributed by atoms with Crippen LogP contribution in [0.3, 0.4) is 0 Å². The summed E-state index contributed by atoms with van der Waals surface area (Å²) < 4.78 is 67.6.